The maximum atomic E-state index is 12.8. The van der Waals surface area contributed by atoms with E-state index in [9.17, 15) is 4.79 Å². The number of anilines is 1. The van der Waals surface area contributed by atoms with Crippen LogP contribution in [-0.2, 0) is 4.79 Å². The van der Waals surface area contributed by atoms with Crippen LogP contribution in [-0.4, -0.2) is 34.9 Å². The van der Waals surface area contributed by atoms with Crippen molar-refractivity contribution in [1.82, 2.24) is 15.5 Å². The maximum Gasteiger partial charge on any atom is 0.223 e. The summed E-state index contributed by atoms with van der Waals surface area (Å²) in [6, 6.07) is 9.60. The van der Waals surface area contributed by atoms with Gasteiger partial charge in [0.1, 0.15) is 0 Å². The molecule has 5 nitrogen and oxygen atoms in total. The number of carbonyl (C=O) groups is 1. The van der Waals surface area contributed by atoms with Gasteiger partial charge in [-0.3, -0.25) is 4.79 Å². The molecule has 1 atom stereocenters. The van der Waals surface area contributed by atoms with Crippen LogP contribution in [0, 0.1) is 5.92 Å². The normalized spacial score (nSPS) is 20.2. The van der Waals surface area contributed by atoms with E-state index in [0.29, 0.717) is 10.2 Å². The molecule has 1 aromatic carbocycles. The number of aromatic nitrogens is 2. The van der Waals surface area contributed by atoms with Crippen LogP contribution in [0.1, 0.15) is 30.9 Å². The van der Waals surface area contributed by atoms with Crippen LogP contribution in [0.25, 0.3) is 0 Å². The van der Waals surface area contributed by atoms with Crippen molar-refractivity contribution < 1.29 is 4.79 Å². The standard InChI is InChI=1S/C19H20Cl2N4OS/c20-13-1-2-16-14(11-13)15(7-10-27-16)22-19(26)12-5-8-25(9-6-12)18-4-3-17(21)23-24-18/h1-4,11-12,15H,5-10H2,(H,22,26)/t15-/m1/s1. The number of piperidine rings is 1. The molecule has 1 N–H and O–H groups in total. The zero-order chi connectivity index (χ0) is 18.8. The molecular formula is C19H20Cl2N4OS. The summed E-state index contributed by atoms with van der Waals surface area (Å²) in [5.74, 6) is 1.98. The Bertz CT molecular complexity index is 825. The fourth-order valence-corrected chi connectivity index (χ4v) is 5.04. The first kappa shape index (κ1) is 18.8. The van der Waals surface area contributed by atoms with E-state index in [4.69, 9.17) is 23.2 Å². The number of rotatable bonds is 3. The van der Waals surface area contributed by atoms with Crippen molar-refractivity contribution in [2.45, 2.75) is 30.2 Å². The number of carbonyl (C=O) groups excluding carboxylic acids is 1. The highest BCUT2D eigenvalue weighted by Crippen LogP contribution is 2.38. The summed E-state index contributed by atoms with van der Waals surface area (Å²) in [6.45, 7) is 1.58. The van der Waals surface area contributed by atoms with Gasteiger partial charge in [-0.15, -0.1) is 22.0 Å². The Kier molecular flexibility index (Phi) is 5.76. The highest BCUT2D eigenvalue weighted by Gasteiger charge is 2.29. The molecule has 2 aliphatic heterocycles. The minimum Gasteiger partial charge on any atom is -0.355 e. The van der Waals surface area contributed by atoms with Gasteiger partial charge in [-0.1, -0.05) is 23.2 Å². The second-order valence-electron chi connectivity index (χ2n) is 6.86. The van der Waals surface area contributed by atoms with Gasteiger partial charge in [-0.05, 0) is 55.2 Å². The molecule has 3 heterocycles. The molecule has 0 radical (unpaired) electrons. The number of fused-ring (bicyclic) bond motifs is 1. The van der Waals surface area contributed by atoms with Crippen LogP contribution >= 0.6 is 35.0 Å². The van der Waals surface area contributed by atoms with Crippen molar-refractivity contribution in [3.05, 3.63) is 46.1 Å². The summed E-state index contributed by atoms with van der Waals surface area (Å²) in [5, 5.41) is 12.4. The molecule has 0 bridgehead atoms. The molecule has 1 saturated heterocycles. The van der Waals surface area contributed by atoms with Crippen LogP contribution in [0.2, 0.25) is 10.2 Å². The summed E-state index contributed by atoms with van der Waals surface area (Å²) in [4.78, 5) is 16.2. The van der Waals surface area contributed by atoms with Gasteiger partial charge in [0.2, 0.25) is 5.91 Å². The quantitative estimate of drug-likeness (QED) is 0.796. The Morgan fingerprint density at radius 3 is 2.67 bits per heavy atom. The lowest BCUT2D eigenvalue weighted by Gasteiger charge is -2.33. The minimum absolute atomic E-state index is 0.0266. The molecule has 0 spiro atoms. The average Bonchev–Trinajstić information content (AvgIpc) is 2.69. The second-order valence-corrected chi connectivity index (χ2v) is 8.82. The Hall–Kier alpha value is -1.50. The van der Waals surface area contributed by atoms with Gasteiger partial charge in [0, 0.05) is 34.7 Å². The van der Waals surface area contributed by atoms with E-state index in [-0.39, 0.29) is 17.9 Å². The third-order valence-corrected chi connectivity index (χ3v) is 6.69. The molecule has 142 valence electrons. The SMILES string of the molecule is O=C(N[C@@H]1CCSc2ccc(Cl)cc21)C1CCN(c2ccc(Cl)nn2)CC1. The molecule has 8 heteroatoms. The molecule has 27 heavy (non-hydrogen) atoms. The molecule has 0 aliphatic carbocycles. The lowest BCUT2D eigenvalue weighted by molar-refractivity contribution is -0.126. The third-order valence-electron chi connectivity index (χ3n) is 5.14. The van der Waals surface area contributed by atoms with Gasteiger partial charge in [0.15, 0.2) is 11.0 Å². The smallest absolute Gasteiger partial charge is 0.223 e. The first-order valence-corrected chi connectivity index (χ1v) is 10.8. The number of hydrogen-bond donors (Lipinski definition) is 1. The summed E-state index contributed by atoms with van der Waals surface area (Å²) < 4.78 is 0. The highest BCUT2D eigenvalue weighted by molar-refractivity contribution is 7.99. The second kappa shape index (κ2) is 8.25. The molecule has 0 unspecified atom stereocenters. The zero-order valence-electron chi connectivity index (χ0n) is 14.7. The van der Waals surface area contributed by atoms with E-state index in [1.807, 2.05) is 36.0 Å². The Balaban J connectivity index is 1.37. The predicted octanol–water partition coefficient (Wildman–Crippen LogP) is 4.35. The monoisotopic (exact) mass is 422 g/mol. The number of benzene rings is 1. The number of nitrogens with one attached hydrogen (secondary N) is 1. The van der Waals surface area contributed by atoms with E-state index < -0.39 is 0 Å². The van der Waals surface area contributed by atoms with Gasteiger partial charge in [-0.2, -0.15) is 0 Å². The first-order valence-electron chi connectivity index (χ1n) is 9.07. The lowest BCUT2D eigenvalue weighted by Crippen LogP contribution is -2.42. The van der Waals surface area contributed by atoms with E-state index in [0.717, 1.165) is 49.5 Å². The van der Waals surface area contributed by atoms with Crippen molar-refractivity contribution in [3.63, 3.8) is 0 Å². The van der Waals surface area contributed by atoms with Crippen molar-refractivity contribution in [3.8, 4) is 0 Å². The Morgan fingerprint density at radius 1 is 1.11 bits per heavy atom. The number of thioether (sulfide) groups is 1. The summed E-state index contributed by atoms with van der Waals surface area (Å²) in [6.07, 6.45) is 2.54. The topological polar surface area (TPSA) is 58.1 Å². The van der Waals surface area contributed by atoms with Gasteiger partial charge in [0.05, 0.1) is 6.04 Å². The van der Waals surface area contributed by atoms with Crippen molar-refractivity contribution in [1.29, 1.82) is 0 Å². The summed E-state index contributed by atoms with van der Waals surface area (Å²) in [5.41, 5.74) is 1.14. The summed E-state index contributed by atoms with van der Waals surface area (Å²) >= 11 is 13.8. The molecule has 4 rings (SSSR count). The van der Waals surface area contributed by atoms with Gasteiger partial charge < -0.3 is 10.2 Å². The third kappa shape index (κ3) is 4.33. The summed E-state index contributed by atoms with van der Waals surface area (Å²) in [7, 11) is 0. The van der Waals surface area contributed by atoms with Crippen LogP contribution in [0.4, 0.5) is 5.82 Å². The minimum atomic E-state index is 0.0266. The largest absolute Gasteiger partial charge is 0.355 e. The lowest BCUT2D eigenvalue weighted by atomic mass is 9.94. The fraction of sp³-hybridized carbons (Fsp3) is 0.421. The number of hydrogen-bond acceptors (Lipinski definition) is 5. The molecule has 1 amide bonds. The van der Waals surface area contributed by atoms with Crippen LogP contribution < -0.4 is 10.2 Å². The number of nitrogens with zero attached hydrogens (tertiary/aromatic N) is 3. The van der Waals surface area contributed by atoms with Gasteiger partial charge >= 0.3 is 0 Å². The zero-order valence-corrected chi connectivity index (χ0v) is 17.0. The first-order chi connectivity index (χ1) is 13.1. The van der Waals surface area contributed by atoms with E-state index in [1.165, 1.54) is 4.90 Å². The van der Waals surface area contributed by atoms with Gasteiger partial charge in [0.25, 0.3) is 0 Å². The highest BCUT2D eigenvalue weighted by atomic mass is 35.5. The Labute approximate surface area is 172 Å². The van der Waals surface area contributed by atoms with Crippen LogP contribution in [0.3, 0.4) is 0 Å². The van der Waals surface area contributed by atoms with Crippen molar-refractivity contribution >= 4 is 46.7 Å². The van der Waals surface area contributed by atoms with E-state index in [2.05, 4.69) is 20.4 Å². The van der Waals surface area contributed by atoms with Gasteiger partial charge in [-0.25, -0.2) is 0 Å². The molecule has 1 fully saturated rings. The molecule has 0 saturated carbocycles. The van der Waals surface area contributed by atoms with Crippen molar-refractivity contribution in [2.24, 2.45) is 5.92 Å². The van der Waals surface area contributed by atoms with Crippen molar-refractivity contribution in [2.75, 3.05) is 23.7 Å². The average molecular weight is 423 g/mol. The van der Waals surface area contributed by atoms with Crippen LogP contribution in [0.15, 0.2) is 35.2 Å². The van der Waals surface area contributed by atoms with Crippen LogP contribution in [0.5, 0.6) is 0 Å². The molecular weight excluding hydrogens is 403 g/mol. The fourth-order valence-electron chi connectivity index (χ4n) is 3.65. The number of halogens is 2. The molecule has 1 aromatic heterocycles. The Morgan fingerprint density at radius 2 is 1.93 bits per heavy atom. The van der Waals surface area contributed by atoms with E-state index in [1.54, 1.807) is 6.07 Å². The molecule has 2 aromatic rings. The number of amides is 1. The maximum absolute atomic E-state index is 12.8. The molecule has 2 aliphatic rings. The predicted molar refractivity (Wildman–Crippen MR) is 110 cm³/mol. The van der Waals surface area contributed by atoms with E-state index >= 15 is 0 Å².